The zero-order valence-corrected chi connectivity index (χ0v) is 11.9. The van der Waals surface area contributed by atoms with Crippen molar-refractivity contribution in [3.63, 3.8) is 0 Å². The number of carbonyl (C=O) groups excluding carboxylic acids is 1. The molecule has 0 saturated carbocycles. The minimum atomic E-state index is -0.129. The second-order valence-corrected chi connectivity index (χ2v) is 5.15. The Morgan fingerprint density at radius 3 is 2.81 bits per heavy atom. The number of allylic oxidation sites excluding steroid dienone is 1. The summed E-state index contributed by atoms with van der Waals surface area (Å²) < 4.78 is 1.38. The summed E-state index contributed by atoms with van der Waals surface area (Å²) in [5.74, 6) is -0.129. The number of aromatic nitrogens is 2. The molecule has 1 aromatic carbocycles. The Morgan fingerprint density at radius 1 is 1.38 bits per heavy atom. The van der Waals surface area contributed by atoms with Crippen LogP contribution in [0.4, 0.5) is 0 Å². The molecule has 5 heteroatoms. The van der Waals surface area contributed by atoms with Crippen molar-refractivity contribution in [2.45, 2.75) is 19.8 Å². The number of nitrogens with one attached hydrogen (secondary N) is 1. The average molecular weight is 280 g/mol. The van der Waals surface area contributed by atoms with Crippen LogP contribution in [-0.2, 0) is 0 Å². The molecule has 1 N–H and O–H groups in total. The van der Waals surface area contributed by atoms with Crippen molar-refractivity contribution >= 4 is 22.4 Å². The molecule has 1 aromatic heterocycles. The molecule has 1 fully saturated rings. The van der Waals surface area contributed by atoms with Crippen LogP contribution in [0.2, 0.25) is 0 Å². The van der Waals surface area contributed by atoms with E-state index in [1.54, 1.807) is 6.20 Å². The zero-order valence-electron chi connectivity index (χ0n) is 11.9. The summed E-state index contributed by atoms with van der Waals surface area (Å²) in [4.78, 5) is 11.6. The first-order valence-electron chi connectivity index (χ1n) is 7.03. The molecule has 0 aliphatic carbocycles. The Bertz CT molecular complexity index is 771. The van der Waals surface area contributed by atoms with Gasteiger partial charge in [-0.3, -0.25) is 4.79 Å². The fourth-order valence-electron chi connectivity index (χ4n) is 2.83. The van der Waals surface area contributed by atoms with Crippen molar-refractivity contribution in [1.29, 1.82) is 5.26 Å². The maximum atomic E-state index is 11.6. The number of piperidine rings is 1. The second-order valence-electron chi connectivity index (χ2n) is 5.15. The molecule has 21 heavy (non-hydrogen) atoms. The molecule has 0 radical (unpaired) electrons. The Hall–Kier alpha value is -2.45. The van der Waals surface area contributed by atoms with Crippen molar-refractivity contribution in [1.82, 2.24) is 15.1 Å². The maximum absolute atomic E-state index is 11.6. The van der Waals surface area contributed by atoms with Crippen LogP contribution in [0.15, 0.2) is 30.0 Å². The highest BCUT2D eigenvalue weighted by atomic mass is 16.2. The van der Waals surface area contributed by atoms with E-state index in [0.717, 1.165) is 48.0 Å². The first-order valence-corrected chi connectivity index (χ1v) is 7.03. The monoisotopic (exact) mass is 280 g/mol. The van der Waals surface area contributed by atoms with Gasteiger partial charge in [-0.1, -0.05) is 12.1 Å². The fourth-order valence-corrected chi connectivity index (χ4v) is 2.83. The lowest BCUT2D eigenvalue weighted by Crippen LogP contribution is -2.23. The van der Waals surface area contributed by atoms with Crippen LogP contribution in [0.25, 0.3) is 16.5 Å². The van der Waals surface area contributed by atoms with E-state index < -0.39 is 0 Å². The van der Waals surface area contributed by atoms with E-state index in [-0.39, 0.29) is 5.91 Å². The molecule has 2 aromatic rings. The molecule has 0 amide bonds. The fraction of sp³-hybridized carbons (Fsp3) is 0.312. The van der Waals surface area contributed by atoms with Gasteiger partial charge in [0.25, 0.3) is 0 Å². The van der Waals surface area contributed by atoms with Crippen LogP contribution in [0.1, 0.15) is 30.1 Å². The maximum Gasteiger partial charge on any atom is 0.244 e. The number of fused-ring (bicyclic) bond motifs is 1. The van der Waals surface area contributed by atoms with Gasteiger partial charge in [0.15, 0.2) is 0 Å². The van der Waals surface area contributed by atoms with Crippen LogP contribution in [0.3, 0.4) is 0 Å². The summed E-state index contributed by atoms with van der Waals surface area (Å²) in [5, 5.41) is 17.9. The zero-order chi connectivity index (χ0) is 14.8. The topological polar surface area (TPSA) is 70.7 Å². The summed E-state index contributed by atoms with van der Waals surface area (Å²) in [7, 11) is 0. The lowest BCUT2D eigenvalue weighted by Gasteiger charge is -2.17. The summed E-state index contributed by atoms with van der Waals surface area (Å²) in [6, 6.07) is 8.01. The standard InChI is InChI=1S/C16H16N4O/c1-11(21)20-16-4-2-3-13(15(16)10-19-20)14(9-17)12-5-7-18-8-6-12/h2-4,10,18H,5-8H2,1H3. The third-order valence-electron chi connectivity index (χ3n) is 3.85. The highest BCUT2D eigenvalue weighted by Crippen LogP contribution is 2.29. The Morgan fingerprint density at radius 2 is 2.14 bits per heavy atom. The highest BCUT2D eigenvalue weighted by Gasteiger charge is 2.16. The quantitative estimate of drug-likeness (QED) is 0.814. The van der Waals surface area contributed by atoms with E-state index in [0.29, 0.717) is 0 Å². The highest BCUT2D eigenvalue weighted by molar-refractivity contribution is 5.99. The third kappa shape index (κ3) is 2.34. The Balaban J connectivity index is 2.20. The molecule has 2 heterocycles. The number of benzene rings is 1. The molecule has 1 saturated heterocycles. The van der Waals surface area contributed by atoms with Crippen molar-refractivity contribution in [2.75, 3.05) is 13.1 Å². The lowest BCUT2D eigenvalue weighted by atomic mass is 9.93. The predicted octanol–water partition coefficient (Wildman–Crippen LogP) is 2.36. The molecule has 3 rings (SSSR count). The van der Waals surface area contributed by atoms with Crippen molar-refractivity contribution in [3.8, 4) is 6.07 Å². The van der Waals surface area contributed by atoms with E-state index >= 15 is 0 Å². The van der Waals surface area contributed by atoms with Crippen molar-refractivity contribution in [2.24, 2.45) is 0 Å². The molecule has 0 atom stereocenters. The van der Waals surface area contributed by atoms with Gasteiger partial charge in [0.2, 0.25) is 5.91 Å². The third-order valence-corrected chi connectivity index (χ3v) is 3.85. The van der Waals surface area contributed by atoms with Gasteiger partial charge in [0.05, 0.1) is 23.4 Å². The molecule has 106 valence electrons. The van der Waals surface area contributed by atoms with E-state index in [1.165, 1.54) is 17.2 Å². The Labute approximate surface area is 122 Å². The van der Waals surface area contributed by atoms with E-state index in [1.807, 2.05) is 18.2 Å². The van der Waals surface area contributed by atoms with Crippen molar-refractivity contribution < 1.29 is 4.79 Å². The number of hydrogen-bond acceptors (Lipinski definition) is 4. The van der Waals surface area contributed by atoms with Gasteiger partial charge in [-0.15, -0.1) is 0 Å². The molecular weight excluding hydrogens is 264 g/mol. The normalized spacial score (nSPS) is 15.0. The van der Waals surface area contributed by atoms with E-state index in [9.17, 15) is 10.1 Å². The SMILES string of the molecule is CC(=O)n1ncc2c(C(C#N)=C3CCNCC3)cccc21. The molecule has 1 aliphatic rings. The molecular formula is C16H16N4O. The van der Waals surface area contributed by atoms with Gasteiger partial charge in [0.1, 0.15) is 0 Å². The number of rotatable bonds is 1. The van der Waals surface area contributed by atoms with E-state index in [4.69, 9.17) is 0 Å². The largest absolute Gasteiger partial charge is 0.316 e. The van der Waals surface area contributed by atoms with Gasteiger partial charge in [0, 0.05) is 17.9 Å². The van der Waals surface area contributed by atoms with Gasteiger partial charge in [-0.05, 0) is 37.6 Å². The summed E-state index contributed by atoms with van der Waals surface area (Å²) in [6.45, 7) is 3.29. The average Bonchev–Trinajstić information content (AvgIpc) is 2.94. The van der Waals surface area contributed by atoms with Crippen LogP contribution >= 0.6 is 0 Å². The molecule has 5 nitrogen and oxygen atoms in total. The van der Waals surface area contributed by atoms with Gasteiger partial charge in [-0.25, -0.2) is 4.68 Å². The molecule has 0 spiro atoms. The second kappa shape index (κ2) is 5.51. The summed E-state index contributed by atoms with van der Waals surface area (Å²) in [6.07, 6.45) is 3.45. The summed E-state index contributed by atoms with van der Waals surface area (Å²) >= 11 is 0. The van der Waals surface area contributed by atoms with Gasteiger partial charge >= 0.3 is 0 Å². The van der Waals surface area contributed by atoms with Gasteiger partial charge < -0.3 is 5.32 Å². The molecule has 0 unspecified atom stereocenters. The van der Waals surface area contributed by atoms with Gasteiger partial charge in [-0.2, -0.15) is 10.4 Å². The number of carbonyl (C=O) groups is 1. The Kier molecular flexibility index (Phi) is 3.55. The number of hydrogen-bond donors (Lipinski definition) is 1. The lowest BCUT2D eigenvalue weighted by molar-refractivity contribution is 0.0927. The minimum Gasteiger partial charge on any atom is -0.316 e. The van der Waals surface area contributed by atoms with Crippen LogP contribution in [0, 0.1) is 11.3 Å². The van der Waals surface area contributed by atoms with Crippen LogP contribution in [0.5, 0.6) is 0 Å². The minimum absolute atomic E-state index is 0.129. The smallest absolute Gasteiger partial charge is 0.244 e. The van der Waals surface area contributed by atoms with Crippen molar-refractivity contribution in [3.05, 3.63) is 35.5 Å². The van der Waals surface area contributed by atoms with E-state index in [2.05, 4.69) is 16.5 Å². The summed E-state index contributed by atoms with van der Waals surface area (Å²) in [5.41, 5.74) is 3.53. The predicted molar refractivity (Wildman–Crippen MR) is 80.7 cm³/mol. The molecule has 0 bridgehead atoms. The number of nitriles is 1. The first kappa shape index (κ1) is 13.5. The van der Waals surface area contributed by atoms with Crippen LogP contribution in [-0.4, -0.2) is 28.8 Å². The first-order chi connectivity index (χ1) is 10.2. The molecule has 1 aliphatic heterocycles. The van der Waals surface area contributed by atoms with Crippen LogP contribution < -0.4 is 5.32 Å². The number of nitrogens with zero attached hydrogens (tertiary/aromatic N) is 3.